The van der Waals surface area contributed by atoms with Crippen LogP contribution in [0.25, 0.3) is 6.08 Å². The number of aliphatic hydroxyl groups is 1. The quantitative estimate of drug-likeness (QED) is 0.861. The number of hydrogen-bond acceptors (Lipinski definition) is 4. The number of nitrogens with zero attached hydrogens (tertiary/aromatic N) is 1. The third-order valence-electron chi connectivity index (χ3n) is 4.08. The molecule has 1 fully saturated rings. The van der Waals surface area contributed by atoms with E-state index in [0.29, 0.717) is 0 Å². The molecule has 1 aliphatic rings. The minimum absolute atomic E-state index is 0.0139. The lowest BCUT2D eigenvalue weighted by Crippen LogP contribution is -2.41. The summed E-state index contributed by atoms with van der Waals surface area (Å²) >= 11 is 0. The van der Waals surface area contributed by atoms with Crippen LogP contribution in [-0.4, -0.2) is 28.4 Å². The molecule has 0 amide bonds. The number of hydrogen-bond donors (Lipinski definition) is 1. The molecule has 1 saturated heterocycles. The Morgan fingerprint density at radius 1 is 1.20 bits per heavy atom. The van der Waals surface area contributed by atoms with Gasteiger partial charge in [0, 0.05) is 5.69 Å². The van der Waals surface area contributed by atoms with Crippen molar-refractivity contribution in [1.29, 1.82) is 0 Å². The molecular weight excluding hydrogens is 253 g/mol. The second-order valence-corrected chi connectivity index (χ2v) is 6.12. The van der Waals surface area contributed by atoms with Crippen molar-refractivity contribution in [1.82, 2.24) is 4.98 Å². The fourth-order valence-electron chi connectivity index (χ4n) is 2.01. The molecule has 2 rings (SSSR count). The molecule has 0 spiro atoms. The summed E-state index contributed by atoms with van der Waals surface area (Å²) in [6.45, 7) is 10.0. The zero-order valence-electron chi connectivity index (χ0n) is 12.8. The SMILES string of the molecule is Cc1nc(/C=C/B2OC(C)(C)C(C)(C)O2)ccc1CO. The van der Waals surface area contributed by atoms with Crippen LogP contribution in [0.15, 0.2) is 18.1 Å². The van der Waals surface area contributed by atoms with Crippen LogP contribution in [0.1, 0.15) is 44.6 Å². The number of aliphatic hydroxyl groups excluding tert-OH is 1. The molecular formula is C15H22BNO3. The Morgan fingerprint density at radius 2 is 1.80 bits per heavy atom. The van der Waals surface area contributed by atoms with Gasteiger partial charge in [0.1, 0.15) is 0 Å². The molecule has 0 saturated carbocycles. The van der Waals surface area contributed by atoms with Gasteiger partial charge in [-0.2, -0.15) is 0 Å². The van der Waals surface area contributed by atoms with E-state index in [0.717, 1.165) is 17.0 Å². The zero-order valence-corrected chi connectivity index (χ0v) is 12.8. The molecule has 0 aromatic carbocycles. The maximum absolute atomic E-state index is 9.13. The van der Waals surface area contributed by atoms with Crippen LogP contribution in [0.3, 0.4) is 0 Å². The van der Waals surface area contributed by atoms with E-state index in [9.17, 15) is 0 Å². The summed E-state index contributed by atoms with van der Waals surface area (Å²) in [5.41, 5.74) is 1.86. The largest absolute Gasteiger partial charge is 0.487 e. The van der Waals surface area contributed by atoms with E-state index in [-0.39, 0.29) is 24.9 Å². The molecule has 108 valence electrons. The minimum atomic E-state index is -0.361. The van der Waals surface area contributed by atoms with Gasteiger partial charge in [0.25, 0.3) is 0 Å². The Hall–Kier alpha value is -1.17. The van der Waals surface area contributed by atoms with Crippen LogP contribution in [0.2, 0.25) is 0 Å². The molecule has 1 aromatic heterocycles. The molecule has 5 heteroatoms. The maximum Gasteiger partial charge on any atom is 0.487 e. The van der Waals surface area contributed by atoms with Crippen LogP contribution < -0.4 is 0 Å². The van der Waals surface area contributed by atoms with Gasteiger partial charge in [-0.25, -0.2) is 0 Å². The van der Waals surface area contributed by atoms with Gasteiger partial charge in [-0.1, -0.05) is 12.0 Å². The first-order chi connectivity index (χ1) is 9.25. The molecule has 0 aliphatic carbocycles. The van der Waals surface area contributed by atoms with Crippen LogP contribution >= 0.6 is 0 Å². The van der Waals surface area contributed by atoms with Crippen molar-refractivity contribution in [2.24, 2.45) is 0 Å². The van der Waals surface area contributed by atoms with Crippen molar-refractivity contribution in [2.75, 3.05) is 0 Å². The Balaban J connectivity index is 2.10. The van der Waals surface area contributed by atoms with Gasteiger partial charge in [0.15, 0.2) is 0 Å². The molecule has 1 N–H and O–H groups in total. The van der Waals surface area contributed by atoms with Gasteiger partial charge in [0.05, 0.1) is 23.5 Å². The Labute approximate surface area is 121 Å². The van der Waals surface area contributed by atoms with Crippen LogP contribution in [0, 0.1) is 6.92 Å². The number of aromatic nitrogens is 1. The minimum Gasteiger partial charge on any atom is -0.400 e. The fourth-order valence-corrected chi connectivity index (χ4v) is 2.01. The lowest BCUT2D eigenvalue weighted by atomic mass is 9.89. The smallest absolute Gasteiger partial charge is 0.400 e. The highest BCUT2D eigenvalue weighted by molar-refractivity contribution is 6.52. The normalized spacial score (nSPS) is 20.8. The molecule has 2 heterocycles. The standard InChI is InChI=1S/C15H22BNO3/c1-11-12(10-18)6-7-13(17-11)8-9-16-19-14(2,3)15(4,5)20-16/h6-9,18H,10H2,1-5H3/b9-8+. The predicted molar refractivity (Wildman–Crippen MR) is 80.0 cm³/mol. The van der Waals surface area contributed by atoms with E-state index < -0.39 is 0 Å². The van der Waals surface area contributed by atoms with E-state index in [2.05, 4.69) is 4.98 Å². The fraction of sp³-hybridized carbons (Fsp3) is 0.533. The van der Waals surface area contributed by atoms with Crippen molar-refractivity contribution in [2.45, 2.75) is 52.4 Å². The average Bonchev–Trinajstić information content (AvgIpc) is 2.55. The van der Waals surface area contributed by atoms with Crippen molar-refractivity contribution >= 4 is 13.2 Å². The highest BCUT2D eigenvalue weighted by atomic mass is 16.7. The van der Waals surface area contributed by atoms with Gasteiger partial charge >= 0.3 is 7.12 Å². The summed E-state index contributed by atoms with van der Waals surface area (Å²) in [7, 11) is -0.361. The second-order valence-electron chi connectivity index (χ2n) is 6.12. The maximum atomic E-state index is 9.13. The van der Waals surface area contributed by atoms with Gasteiger partial charge < -0.3 is 14.4 Å². The number of pyridine rings is 1. The van der Waals surface area contributed by atoms with Crippen LogP contribution in [-0.2, 0) is 15.9 Å². The van der Waals surface area contributed by atoms with Gasteiger partial charge in [-0.15, -0.1) is 0 Å². The zero-order chi connectivity index (χ0) is 15.0. The lowest BCUT2D eigenvalue weighted by Gasteiger charge is -2.32. The number of rotatable bonds is 3. The third-order valence-corrected chi connectivity index (χ3v) is 4.08. The summed E-state index contributed by atoms with van der Waals surface area (Å²) in [6.07, 6.45) is 1.89. The second kappa shape index (κ2) is 5.32. The van der Waals surface area contributed by atoms with Gasteiger partial charge in [0.2, 0.25) is 0 Å². The van der Waals surface area contributed by atoms with E-state index in [4.69, 9.17) is 14.4 Å². The first-order valence-corrected chi connectivity index (χ1v) is 6.86. The Kier molecular flexibility index (Phi) is 4.05. The van der Waals surface area contributed by atoms with E-state index >= 15 is 0 Å². The molecule has 1 aromatic rings. The van der Waals surface area contributed by atoms with Crippen LogP contribution in [0.5, 0.6) is 0 Å². The van der Waals surface area contributed by atoms with Crippen molar-refractivity contribution in [3.8, 4) is 0 Å². The molecule has 0 radical (unpaired) electrons. The molecule has 1 aliphatic heterocycles. The highest BCUT2D eigenvalue weighted by Gasteiger charge is 2.49. The van der Waals surface area contributed by atoms with Crippen molar-refractivity contribution in [3.63, 3.8) is 0 Å². The summed E-state index contributed by atoms with van der Waals surface area (Å²) in [6, 6.07) is 3.76. The number of aryl methyl sites for hydroxylation is 1. The summed E-state index contributed by atoms with van der Waals surface area (Å²) in [4.78, 5) is 4.42. The van der Waals surface area contributed by atoms with E-state index in [1.165, 1.54) is 0 Å². The van der Waals surface area contributed by atoms with E-state index in [1.807, 2.05) is 58.8 Å². The Morgan fingerprint density at radius 3 is 2.30 bits per heavy atom. The lowest BCUT2D eigenvalue weighted by molar-refractivity contribution is 0.00578. The van der Waals surface area contributed by atoms with Crippen molar-refractivity contribution < 1.29 is 14.4 Å². The topological polar surface area (TPSA) is 51.6 Å². The predicted octanol–water partition coefficient (Wildman–Crippen LogP) is 2.53. The Bertz CT molecular complexity index is 510. The summed E-state index contributed by atoms with van der Waals surface area (Å²) in [5, 5.41) is 9.13. The molecule has 20 heavy (non-hydrogen) atoms. The molecule has 0 bridgehead atoms. The van der Waals surface area contributed by atoms with E-state index in [1.54, 1.807) is 0 Å². The molecule has 0 unspecified atom stereocenters. The molecule has 4 nitrogen and oxygen atoms in total. The first kappa shape index (κ1) is 15.2. The average molecular weight is 275 g/mol. The van der Waals surface area contributed by atoms with Crippen molar-refractivity contribution in [3.05, 3.63) is 35.1 Å². The summed E-state index contributed by atoms with van der Waals surface area (Å²) in [5.74, 6) is 1.87. The summed E-state index contributed by atoms with van der Waals surface area (Å²) < 4.78 is 11.8. The third kappa shape index (κ3) is 2.95. The monoisotopic (exact) mass is 275 g/mol. The van der Waals surface area contributed by atoms with Crippen LogP contribution in [0.4, 0.5) is 0 Å². The highest BCUT2D eigenvalue weighted by Crippen LogP contribution is 2.36. The first-order valence-electron chi connectivity index (χ1n) is 6.86. The van der Waals surface area contributed by atoms with Gasteiger partial charge in [-0.3, -0.25) is 4.98 Å². The van der Waals surface area contributed by atoms with Gasteiger partial charge in [-0.05, 0) is 52.3 Å². The molecule has 0 atom stereocenters.